The number of benzene rings is 2. The average Bonchev–Trinajstić information content (AvgIpc) is 3.28. The molecule has 0 spiro atoms. The Morgan fingerprint density at radius 1 is 0.964 bits per heavy atom. The SMILES string of the molecule is Cc1ccc(C2=NN3[C@H](C2)c2cc(Cl)ccc2O[C@@H]3c2ccc(Cl)cc2Cl)o1. The number of hydrogen-bond acceptors (Lipinski definition) is 4. The van der Waals surface area contributed by atoms with Crippen molar-refractivity contribution in [3.05, 3.63) is 86.2 Å². The summed E-state index contributed by atoms with van der Waals surface area (Å²) in [6.45, 7) is 1.92. The molecule has 2 aliphatic heterocycles. The highest BCUT2D eigenvalue weighted by molar-refractivity contribution is 6.35. The molecular formula is C21H15Cl3N2O2. The standard InChI is InChI=1S/C21H15Cl3N2O2/c1-11-2-6-20(27-11)17-10-18-15-8-12(22)4-7-19(15)28-21(26(18)25-17)14-5-3-13(23)9-16(14)24/h2-9,18,21H,10H2,1H3/t18-,21-/m1/s1. The molecular weight excluding hydrogens is 419 g/mol. The van der Waals surface area contributed by atoms with Gasteiger partial charge in [-0.25, -0.2) is 5.01 Å². The fourth-order valence-electron chi connectivity index (χ4n) is 3.70. The van der Waals surface area contributed by atoms with Gasteiger partial charge in [0, 0.05) is 27.6 Å². The van der Waals surface area contributed by atoms with Gasteiger partial charge in [-0.2, -0.15) is 5.10 Å². The zero-order chi connectivity index (χ0) is 19.4. The first kappa shape index (κ1) is 17.9. The maximum Gasteiger partial charge on any atom is 0.215 e. The topological polar surface area (TPSA) is 38.0 Å². The van der Waals surface area contributed by atoms with Crippen LogP contribution in [0.2, 0.25) is 15.1 Å². The number of ether oxygens (including phenoxy) is 1. The molecule has 0 unspecified atom stereocenters. The Balaban J connectivity index is 1.63. The van der Waals surface area contributed by atoms with Crippen molar-refractivity contribution < 1.29 is 9.15 Å². The first-order valence-electron chi connectivity index (χ1n) is 8.83. The van der Waals surface area contributed by atoms with Crippen LogP contribution in [0.3, 0.4) is 0 Å². The second kappa shape index (κ2) is 6.73. The smallest absolute Gasteiger partial charge is 0.215 e. The van der Waals surface area contributed by atoms with E-state index in [1.54, 1.807) is 12.1 Å². The molecule has 5 rings (SSSR count). The summed E-state index contributed by atoms with van der Waals surface area (Å²) in [4.78, 5) is 0. The maximum absolute atomic E-state index is 6.48. The van der Waals surface area contributed by atoms with Crippen molar-refractivity contribution in [2.75, 3.05) is 0 Å². The molecule has 142 valence electrons. The number of fused-ring (bicyclic) bond motifs is 3. The molecule has 7 heteroatoms. The lowest BCUT2D eigenvalue weighted by Crippen LogP contribution is -2.33. The van der Waals surface area contributed by atoms with Gasteiger partial charge in [0.25, 0.3) is 0 Å². The maximum atomic E-state index is 6.48. The molecule has 3 aromatic rings. The van der Waals surface area contributed by atoms with E-state index in [0.29, 0.717) is 21.5 Å². The number of furan rings is 1. The van der Waals surface area contributed by atoms with Crippen LogP contribution >= 0.6 is 34.8 Å². The third-order valence-corrected chi connectivity index (χ3v) is 5.80. The summed E-state index contributed by atoms with van der Waals surface area (Å²) in [5.41, 5.74) is 2.66. The Hall–Kier alpha value is -2.14. The number of aryl methyl sites for hydroxylation is 1. The van der Waals surface area contributed by atoms with Crippen molar-refractivity contribution in [1.82, 2.24) is 5.01 Å². The molecule has 2 aliphatic rings. The van der Waals surface area contributed by atoms with E-state index in [2.05, 4.69) is 0 Å². The Morgan fingerprint density at radius 3 is 2.50 bits per heavy atom. The van der Waals surface area contributed by atoms with Gasteiger partial charge in [-0.05, 0) is 49.4 Å². The molecule has 0 radical (unpaired) electrons. The quantitative estimate of drug-likeness (QED) is 0.446. The molecule has 1 aromatic heterocycles. The molecule has 0 amide bonds. The Kier molecular flexibility index (Phi) is 4.31. The zero-order valence-corrected chi connectivity index (χ0v) is 17.1. The van der Waals surface area contributed by atoms with Crippen molar-refractivity contribution in [2.24, 2.45) is 5.10 Å². The van der Waals surface area contributed by atoms with E-state index < -0.39 is 6.23 Å². The molecule has 2 aromatic carbocycles. The van der Waals surface area contributed by atoms with Gasteiger partial charge in [0.05, 0.1) is 11.1 Å². The zero-order valence-electron chi connectivity index (χ0n) is 14.8. The highest BCUT2D eigenvalue weighted by Crippen LogP contribution is 2.49. The lowest BCUT2D eigenvalue weighted by atomic mass is 9.97. The van der Waals surface area contributed by atoms with Crippen molar-refractivity contribution in [3.8, 4) is 5.75 Å². The van der Waals surface area contributed by atoms with Crippen LogP contribution < -0.4 is 4.74 Å². The third kappa shape index (κ3) is 2.96. The minimum absolute atomic E-state index is 0.0281. The summed E-state index contributed by atoms with van der Waals surface area (Å²) in [6.07, 6.45) is 0.211. The number of rotatable bonds is 2. The molecule has 0 fully saturated rings. The van der Waals surface area contributed by atoms with Gasteiger partial charge in [-0.1, -0.05) is 40.9 Å². The van der Waals surface area contributed by atoms with E-state index in [-0.39, 0.29) is 6.04 Å². The lowest BCUT2D eigenvalue weighted by molar-refractivity contribution is -0.0189. The van der Waals surface area contributed by atoms with Gasteiger partial charge in [-0.3, -0.25) is 0 Å². The van der Waals surface area contributed by atoms with Crippen LogP contribution in [0.5, 0.6) is 5.75 Å². The molecule has 4 nitrogen and oxygen atoms in total. The van der Waals surface area contributed by atoms with Crippen LogP contribution in [0.15, 0.2) is 58.0 Å². The number of nitrogens with zero attached hydrogens (tertiary/aromatic N) is 2. The Labute approximate surface area is 177 Å². The molecule has 0 saturated carbocycles. The van der Waals surface area contributed by atoms with Crippen molar-refractivity contribution in [2.45, 2.75) is 25.6 Å². The molecule has 0 bridgehead atoms. The second-order valence-electron chi connectivity index (χ2n) is 6.88. The van der Waals surface area contributed by atoms with Crippen LogP contribution in [0.1, 0.15) is 41.3 Å². The van der Waals surface area contributed by atoms with E-state index in [1.807, 2.05) is 48.3 Å². The summed E-state index contributed by atoms with van der Waals surface area (Å²) >= 11 is 18.8. The van der Waals surface area contributed by atoms with Gasteiger partial charge in [-0.15, -0.1) is 0 Å². The van der Waals surface area contributed by atoms with Gasteiger partial charge in [0.2, 0.25) is 6.23 Å². The van der Waals surface area contributed by atoms with Crippen LogP contribution in [0.4, 0.5) is 0 Å². The minimum atomic E-state index is -0.475. The second-order valence-corrected chi connectivity index (χ2v) is 8.16. The molecule has 3 heterocycles. The normalized spacial score (nSPS) is 20.4. The first-order valence-corrected chi connectivity index (χ1v) is 9.96. The molecule has 0 N–H and O–H groups in total. The van der Waals surface area contributed by atoms with Crippen molar-refractivity contribution in [3.63, 3.8) is 0 Å². The Morgan fingerprint density at radius 2 is 1.75 bits per heavy atom. The minimum Gasteiger partial charge on any atom is -0.464 e. The van der Waals surface area contributed by atoms with E-state index in [4.69, 9.17) is 49.1 Å². The summed E-state index contributed by atoms with van der Waals surface area (Å²) in [5, 5.41) is 8.54. The lowest BCUT2D eigenvalue weighted by Gasteiger charge is -2.38. The fourth-order valence-corrected chi connectivity index (χ4v) is 4.39. The number of hydrazone groups is 1. The summed E-state index contributed by atoms with van der Waals surface area (Å²) in [5.74, 6) is 2.38. The summed E-state index contributed by atoms with van der Waals surface area (Å²) in [6, 6.07) is 14.9. The molecule has 0 aliphatic carbocycles. The van der Waals surface area contributed by atoms with E-state index in [9.17, 15) is 0 Å². The van der Waals surface area contributed by atoms with Gasteiger partial charge in [0.1, 0.15) is 23.0 Å². The third-order valence-electron chi connectivity index (χ3n) is 5.01. The van der Waals surface area contributed by atoms with Gasteiger partial charge in [0.15, 0.2) is 0 Å². The summed E-state index contributed by atoms with van der Waals surface area (Å²) < 4.78 is 12.1. The van der Waals surface area contributed by atoms with E-state index >= 15 is 0 Å². The Bertz CT molecular complexity index is 1110. The number of halogens is 3. The highest BCUT2D eigenvalue weighted by Gasteiger charge is 2.42. The summed E-state index contributed by atoms with van der Waals surface area (Å²) in [7, 11) is 0. The predicted octanol–water partition coefficient (Wildman–Crippen LogP) is 6.79. The van der Waals surface area contributed by atoms with Gasteiger partial charge >= 0.3 is 0 Å². The highest BCUT2D eigenvalue weighted by atomic mass is 35.5. The van der Waals surface area contributed by atoms with E-state index in [1.165, 1.54) is 0 Å². The molecule has 0 saturated heterocycles. The average molecular weight is 434 g/mol. The first-order chi connectivity index (χ1) is 13.5. The van der Waals surface area contributed by atoms with Crippen LogP contribution in [-0.4, -0.2) is 10.7 Å². The van der Waals surface area contributed by atoms with Crippen LogP contribution in [0.25, 0.3) is 0 Å². The van der Waals surface area contributed by atoms with E-state index in [0.717, 1.165) is 34.1 Å². The van der Waals surface area contributed by atoms with Crippen molar-refractivity contribution >= 4 is 40.5 Å². The largest absolute Gasteiger partial charge is 0.464 e. The van der Waals surface area contributed by atoms with Gasteiger partial charge < -0.3 is 9.15 Å². The van der Waals surface area contributed by atoms with Crippen molar-refractivity contribution in [1.29, 1.82) is 0 Å². The fraction of sp³-hybridized carbons (Fsp3) is 0.190. The van der Waals surface area contributed by atoms with Crippen LogP contribution in [0, 0.1) is 6.92 Å². The predicted molar refractivity (Wildman–Crippen MR) is 110 cm³/mol. The monoisotopic (exact) mass is 432 g/mol. The molecule has 28 heavy (non-hydrogen) atoms. The van der Waals surface area contributed by atoms with Crippen LogP contribution in [-0.2, 0) is 0 Å². The number of hydrogen-bond donors (Lipinski definition) is 0. The molecule has 2 atom stereocenters.